The van der Waals surface area contributed by atoms with Crippen molar-refractivity contribution in [1.29, 1.82) is 0 Å². The third-order valence-corrected chi connectivity index (χ3v) is 4.22. The smallest absolute Gasteiger partial charge is 0.328 e. The number of Topliss-reactive ketones (excluding diaryl/α,β-unsaturated/α-hetero) is 1. The van der Waals surface area contributed by atoms with Gasteiger partial charge in [0.25, 0.3) is 0 Å². The zero-order valence-corrected chi connectivity index (χ0v) is 13.7. The molecular weight excluding hydrogens is 270 g/mol. The van der Waals surface area contributed by atoms with Crippen molar-refractivity contribution in [2.45, 2.75) is 66.3 Å². The second-order valence-corrected chi connectivity index (χ2v) is 7.25. The fraction of sp³-hybridized carbons (Fsp3) is 0.812. The van der Waals surface area contributed by atoms with Crippen LogP contribution in [-0.4, -0.2) is 30.3 Å². The zero-order valence-electron chi connectivity index (χ0n) is 13.7. The first-order valence-electron chi connectivity index (χ1n) is 7.57. The summed E-state index contributed by atoms with van der Waals surface area (Å²) in [5, 5.41) is 2.57. The predicted octanol–water partition coefficient (Wildman–Crippen LogP) is 2.23. The van der Waals surface area contributed by atoms with E-state index in [1.165, 1.54) is 0 Å². The summed E-state index contributed by atoms with van der Waals surface area (Å²) in [5.41, 5.74) is -0.488. The van der Waals surface area contributed by atoms with E-state index >= 15 is 0 Å². The van der Waals surface area contributed by atoms with E-state index in [-0.39, 0.29) is 17.6 Å². The Morgan fingerprint density at radius 2 is 1.90 bits per heavy atom. The van der Waals surface area contributed by atoms with Crippen LogP contribution in [0.15, 0.2) is 0 Å². The molecule has 0 aromatic heterocycles. The Labute approximate surface area is 126 Å². The molecule has 1 amide bonds. The Morgan fingerprint density at radius 1 is 1.29 bits per heavy atom. The van der Waals surface area contributed by atoms with Crippen molar-refractivity contribution in [3.8, 4) is 0 Å². The van der Waals surface area contributed by atoms with Crippen LogP contribution in [0.25, 0.3) is 0 Å². The Kier molecular flexibility index (Phi) is 5.54. The number of rotatable bonds is 7. The van der Waals surface area contributed by atoms with E-state index in [0.29, 0.717) is 13.0 Å². The number of nitrogens with one attached hydrogen (secondary N) is 1. The number of ether oxygens (including phenoxy) is 1. The van der Waals surface area contributed by atoms with Crippen LogP contribution in [-0.2, 0) is 19.1 Å². The van der Waals surface area contributed by atoms with Crippen LogP contribution in [0.3, 0.4) is 0 Å². The molecule has 120 valence electrons. The number of hydrogen-bond acceptors (Lipinski definition) is 4. The van der Waals surface area contributed by atoms with E-state index < -0.39 is 23.3 Å². The molecule has 0 aromatic rings. The van der Waals surface area contributed by atoms with Gasteiger partial charge in [0.05, 0.1) is 13.0 Å². The topological polar surface area (TPSA) is 72.5 Å². The third-order valence-electron chi connectivity index (χ3n) is 4.22. The number of esters is 1. The monoisotopic (exact) mass is 297 g/mol. The average Bonchev–Trinajstić information content (AvgIpc) is 2.73. The number of cyclic esters (lactones) is 1. The first-order valence-corrected chi connectivity index (χ1v) is 7.57. The summed E-state index contributed by atoms with van der Waals surface area (Å²) < 4.78 is 4.78. The third kappa shape index (κ3) is 5.14. The Hall–Kier alpha value is -1.39. The van der Waals surface area contributed by atoms with Gasteiger partial charge in [0.2, 0.25) is 5.91 Å². The van der Waals surface area contributed by atoms with Gasteiger partial charge in [-0.2, -0.15) is 0 Å². The molecule has 1 rings (SSSR count). The molecule has 0 saturated carbocycles. The van der Waals surface area contributed by atoms with Gasteiger partial charge in [-0.1, -0.05) is 41.0 Å². The molecule has 0 aromatic carbocycles. The molecule has 1 saturated heterocycles. The summed E-state index contributed by atoms with van der Waals surface area (Å²) in [5.74, 6) is -0.902. The van der Waals surface area contributed by atoms with E-state index in [2.05, 4.69) is 26.1 Å². The number of carbonyl (C=O) groups is 3. The molecular formula is C16H27NO4. The van der Waals surface area contributed by atoms with Crippen LogP contribution in [0.2, 0.25) is 0 Å². The fourth-order valence-corrected chi connectivity index (χ4v) is 2.68. The molecule has 1 heterocycles. The highest BCUT2D eigenvalue weighted by atomic mass is 16.5. The first-order chi connectivity index (χ1) is 9.57. The molecule has 1 aliphatic rings. The highest BCUT2D eigenvalue weighted by Crippen LogP contribution is 2.37. The maximum absolute atomic E-state index is 12.3. The molecule has 1 aliphatic heterocycles. The molecule has 0 spiro atoms. The van der Waals surface area contributed by atoms with Crippen LogP contribution in [0, 0.1) is 10.8 Å². The molecule has 5 nitrogen and oxygen atoms in total. The van der Waals surface area contributed by atoms with Crippen molar-refractivity contribution in [1.82, 2.24) is 5.32 Å². The average molecular weight is 297 g/mol. The van der Waals surface area contributed by atoms with Crippen molar-refractivity contribution in [2.24, 2.45) is 10.8 Å². The van der Waals surface area contributed by atoms with Crippen molar-refractivity contribution in [3.05, 3.63) is 0 Å². The summed E-state index contributed by atoms with van der Waals surface area (Å²) in [6.45, 7) is 10.4. The molecule has 0 bridgehead atoms. The van der Waals surface area contributed by atoms with Crippen LogP contribution in [0.1, 0.15) is 60.3 Å². The summed E-state index contributed by atoms with van der Waals surface area (Å²) in [6.07, 6.45) is 2.00. The number of hydrogen-bond donors (Lipinski definition) is 1. The molecule has 1 fully saturated rings. The molecule has 0 aliphatic carbocycles. The predicted molar refractivity (Wildman–Crippen MR) is 79.6 cm³/mol. The standard InChI is InChI=1S/C16H27NO4/c1-6-15(2,3)10-16(4,5)12(18)9-13(19)17-11-7-8-21-14(11)20/h11H,6-10H2,1-5H3,(H,17,19). The van der Waals surface area contributed by atoms with Gasteiger partial charge < -0.3 is 10.1 Å². The minimum atomic E-state index is -0.597. The van der Waals surface area contributed by atoms with E-state index in [9.17, 15) is 14.4 Å². The zero-order chi connectivity index (χ0) is 16.3. The molecule has 5 heteroatoms. The molecule has 1 atom stereocenters. The quantitative estimate of drug-likeness (QED) is 0.578. The van der Waals surface area contributed by atoms with Crippen molar-refractivity contribution < 1.29 is 19.1 Å². The molecule has 21 heavy (non-hydrogen) atoms. The Balaban J connectivity index is 2.54. The normalized spacial score (nSPS) is 19.3. The number of amides is 1. The molecule has 1 N–H and O–H groups in total. The SMILES string of the molecule is CCC(C)(C)CC(C)(C)C(=O)CC(=O)NC1CCOC1=O. The van der Waals surface area contributed by atoms with Crippen molar-refractivity contribution in [3.63, 3.8) is 0 Å². The number of ketones is 1. The molecule has 1 unspecified atom stereocenters. The van der Waals surface area contributed by atoms with Gasteiger partial charge >= 0.3 is 5.97 Å². The van der Waals surface area contributed by atoms with Crippen LogP contribution in [0.4, 0.5) is 0 Å². The van der Waals surface area contributed by atoms with E-state index in [0.717, 1.165) is 12.8 Å². The summed E-state index contributed by atoms with van der Waals surface area (Å²) in [4.78, 5) is 35.5. The van der Waals surface area contributed by atoms with Gasteiger partial charge in [0.1, 0.15) is 11.8 Å². The van der Waals surface area contributed by atoms with Crippen molar-refractivity contribution >= 4 is 17.7 Å². The Bertz CT molecular complexity index is 426. The lowest BCUT2D eigenvalue weighted by atomic mass is 9.71. The van der Waals surface area contributed by atoms with E-state index in [1.807, 2.05) is 13.8 Å². The first kappa shape index (κ1) is 17.7. The fourth-order valence-electron chi connectivity index (χ4n) is 2.68. The Morgan fingerprint density at radius 3 is 2.38 bits per heavy atom. The summed E-state index contributed by atoms with van der Waals surface area (Å²) in [7, 11) is 0. The summed E-state index contributed by atoms with van der Waals surface area (Å²) >= 11 is 0. The minimum absolute atomic E-state index is 0.0604. The lowest BCUT2D eigenvalue weighted by Crippen LogP contribution is -2.41. The lowest BCUT2D eigenvalue weighted by Gasteiger charge is -2.33. The largest absolute Gasteiger partial charge is 0.464 e. The van der Waals surface area contributed by atoms with E-state index in [4.69, 9.17) is 4.74 Å². The van der Waals surface area contributed by atoms with Crippen LogP contribution >= 0.6 is 0 Å². The summed E-state index contributed by atoms with van der Waals surface area (Å²) in [6, 6.07) is -0.597. The highest BCUT2D eigenvalue weighted by molar-refractivity contribution is 6.01. The maximum atomic E-state index is 12.3. The van der Waals surface area contributed by atoms with Crippen molar-refractivity contribution in [2.75, 3.05) is 6.61 Å². The molecule has 0 radical (unpaired) electrons. The van der Waals surface area contributed by atoms with Crippen LogP contribution in [0.5, 0.6) is 0 Å². The van der Waals surface area contributed by atoms with Crippen LogP contribution < -0.4 is 5.32 Å². The highest BCUT2D eigenvalue weighted by Gasteiger charge is 2.35. The lowest BCUT2D eigenvalue weighted by molar-refractivity contribution is -0.142. The van der Waals surface area contributed by atoms with Gasteiger partial charge in [-0.05, 0) is 11.8 Å². The van der Waals surface area contributed by atoms with Gasteiger partial charge in [-0.3, -0.25) is 9.59 Å². The number of carbonyl (C=O) groups excluding carboxylic acids is 3. The van der Waals surface area contributed by atoms with Gasteiger partial charge in [0.15, 0.2) is 0 Å². The van der Waals surface area contributed by atoms with E-state index in [1.54, 1.807) is 0 Å². The second kappa shape index (κ2) is 6.58. The maximum Gasteiger partial charge on any atom is 0.328 e. The van der Waals surface area contributed by atoms with Gasteiger partial charge in [-0.25, -0.2) is 4.79 Å². The minimum Gasteiger partial charge on any atom is -0.464 e. The van der Waals surface area contributed by atoms with Gasteiger partial charge in [-0.15, -0.1) is 0 Å². The van der Waals surface area contributed by atoms with Gasteiger partial charge in [0, 0.05) is 11.8 Å². The second-order valence-electron chi connectivity index (χ2n) is 7.25.